The number of thiophene rings is 1. The number of aliphatic carboxylic acids is 1. The monoisotopic (exact) mass is 738 g/mol. The first-order valence-corrected chi connectivity index (χ1v) is 19.3. The molecule has 0 saturated heterocycles. The number of carboxylic acids is 2. The molecule has 1 aliphatic rings. The number of carbonyl (C=O) groups is 4. The zero-order chi connectivity index (χ0) is 37.9. The third-order valence-electron chi connectivity index (χ3n) is 9.95. The van der Waals surface area contributed by atoms with Crippen LogP contribution < -0.4 is 10.6 Å². The van der Waals surface area contributed by atoms with Gasteiger partial charge >= 0.3 is 11.9 Å². The molecule has 0 atom stereocenters. The van der Waals surface area contributed by atoms with Crippen molar-refractivity contribution in [3.8, 4) is 0 Å². The molecule has 0 spiro atoms. The summed E-state index contributed by atoms with van der Waals surface area (Å²) in [4.78, 5) is 55.3. The van der Waals surface area contributed by atoms with Gasteiger partial charge < -0.3 is 20.8 Å². The zero-order valence-corrected chi connectivity index (χ0v) is 31.6. The van der Waals surface area contributed by atoms with Crippen LogP contribution in [-0.2, 0) is 37.0 Å². The first-order valence-electron chi connectivity index (χ1n) is 18.5. The van der Waals surface area contributed by atoms with E-state index in [1.165, 1.54) is 11.3 Å². The molecular formula is C42H50N4O6S. The van der Waals surface area contributed by atoms with Crippen molar-refractivity contribution in [2.45, 2.75) is 77.8 Å². The number of hydrogen-bond donors (Lipinski definition) is 4. The van der Waals surface area contributed by atoms with Gasteiger partial charge in [-0.3, -0.25) is 24.2 Å². The van der Waals surface area contributed by atoms with Crippen LogP contribution in [0.1, 0.15) is 97.7 Å². The summed E-state index contributed by atoms with van der Waals surface area (Å²) in [5, 5.41) is 25.0. The van der Waals surface area contributed by atoms with Crippen molar-refractivity contribution in [2.75, 3.05) is 37.3 Å². The van der Waals surface area contributed by atoms with Gasteiger partial charge in [0.2, 0.25) is 0 Å². The Morgan fingerprint density at radius 2 is 1.43 bits per heavy atom. The number of rotatable bonds is 18. The van der Waals surface area contributed by atoms with Crippen LogP contribution in [0, 0.1) is 0 Å². The summed E-state index contributed by atoms with van der Waals surface area (Å²) in [5.41, 5.74) is 6.15. The Morgan fingerprint density at radius 3 is 2.08 bits per heavy atom. The van der Waals surface area contributed by atoms with E-state index in [0.717, 1.165) is 78.5 Å². The van der Waals surface area contributed by atoms with Gasteiger partial charge in [0.25, 0.3) is 11.8 Å². The standard InChI is InChI=1S/C42H50N4O6S/c1-4-34(5-2)46(24-23-45(3)27-37(47)48)26-30-9-8-10-32(25-30)39(49)44-41-38(35-11-6-7-12-36(35)53-41)40(50)43-33-21-17-29(18-22-33)14-13-28-15-19-31(20-16-28)42(51)52/h8-10,15-22,25,34H,4-7,11-14,23-24,26-27H2,1-3H3,(H,43,50)(H,44,49)(H,47,48)(H,51,52). The van der Waals surface area contributed by atoms with Crippen molar-refractivity contribution in [1.82, 2.24) is 9.80 Å². The molecule has 0 unspecified atom stereocenters. The van der Waals surface area contributed by atoms with Crippen LogP contribution in [0.3, 0.4) is 0 Å². The highest BCUT2D eigenvalue weighted by Gasteiger charge is 2.27. The molecule has 1 aromatic heterocycles. The van der Waals surface area contributed by atoms with Crippen molar-refractivity contribution >= 4 is 45.8 Å². The minimum absolute atomic E-state index is 0.0134. The fraction of sp³-hybridized carbons (Fsp3) is 0.381. The Morgan fingerprint density at radius 1 is 0.774 bits per heavy atom. The van der Waals surface area contributed by atoms with Crippen LogP contribution in [0.25, 0.3) is 0 Å². The van der Waals surface area contributed by atoms with E-state index >= 15 is 0 Å². The van der Waals surface area contributed by atoms with E-state index in [2.05, 4.69) is 29.4 Å². The molecule has 5 rings (SSSR count). The van der Waals surface area contributed by atoms with Gasteiger partial charge in [0.15, 0.2) is 0 Å². The fourth-order valence-electron chi connectivity index (χ4n) is 6.97. The molecule has 0 bridgehead atoms. The van der Waals surface area contributed by atoms with Crippen molar-refractivity contribution in [3.05, 3.63) is 117 Å². The molecule has 4 aromatic rings. The van der Waals surface area contributed by atoms with Crippen LogP contribution in [-0.4, -0.2) is 76.5 Å². The van der Waals surface area contributed by atoms with E-state index in [0.29, 0.717) is 47.5 Å². The summed E-state index contributed by atoms with van der Waals surface area (Å²) in [5.74, 6) is -2.30. The number of nitrogens with zero attached hydrogens (tertiary/aromatic N) is 2. The van der Waals surface area contributed by atoms with Crippen molar-refractivity contribution in [1.29, 1.82) is 0 Å². The number of amides is 2. The smallest absolute Gasteiger partial charge is 0.335 e. The van der Waals surface area contributed by atoms with Gasteiger partial charge in [0.05, 0.1) is 17.7 Å². The number of anilines is 2. The largest absolute Gasteiger partial charge is 0.480 e. The summed E-state index contributed by atoms with van der Waals surface area (Å²) < 4.78 is 0. The molecule has 0 saturated carbocycles. The SMILES string of the molecule is CCC(CC)N(CCN(C)CC(=O)O)Cc1cccc(C(=O)Nc2sc3c(c2C(=O)Nc2ccc(CCc4ccc(C(=O)O)cc4)cc2)CCCC3)c1. The van der Waals surface area contributed by atoms with Gasteiger partial charge in [-0.1, -0.05) is 50.2 Å². The number of carbonyl (C=O) groups excluding carboxylic acids is 2. The summed E-state index contributed by atoms with van der Waals surface area (Å²) in [6.45, 7) is 6.26. The topological polar surface area (TPSA) is 139 Å². The van der Waals surface area contributed by atoms with Crippen LogP contribution in [0.15, 0.2) is 72.8 Å². The minimum Gasteiger partial charge on any atom is -0.480 e. The maximum Gasteiger partial charge on any atom is 0.335 e. The molecule has 3 aromatic carbocycles. The second-order valence-electron chi connectivity index (χ2n) is 13.8. The molecule has 0 fully saturated rings. The lowest BCUT2D eigenvalue weighted by Crippen LogP contribution is -2.40. The van der Waals surface area contributed by atoms with Crippen molar-refractivity contribution < 1.29 is 29.4 Å². The Kier molecular flexibility index (Phi) is 13.9. The van der Waals surface area contributed by atoms with Crippen molar-refractivity contribution in [2.24, 2.45) is 0 Å². The highest BCUT2D eigenvalue weighted by atomic mass is 32.1. The van der Waals surface area contributed by atoms with Gasteiger partial charge in [0.1, 0.15) is 5.00 Å². The van der Waals surface area contributed by atoms with E-state index in [-0.39, 0.29) is 23.9 Å². The lowest BCUT2D eigenvalue weighted by atomic mass is 9.95. The lowest BCUT2D eigenvalue weighted by molar-refractivity contribution is -0.138. The quantitative estimate of drug-likeness (QED) is 0.0818. The van der Waals surface area contributed by atoms with Gasteiger partial charge in [-0.05, 0) is 117 Å². The lowest BCUT2D eigenvalue weighted by Gasteiger charge is -2.32. The number of aromatic carboxylic acids is 1. The normalized spacial score (nSPS) is 12.6. The predicted molar refractivity (Wildman–Crippen MR) is 210 cm³/mol. The first kappa shape index (κ1) is 39.4. The number of carboxylic acid groups (broad SMARTS) is 2. The number of benzene rings is 3. The predicted octanol–water partition coefficient (Wildman–Crippen LogP) is 7.62. The molecule has 10 nitrogen and oxygen atoms in total. The molecule has 1 heterocycles. The maximum absolute atomic E-state index is 13.9. The second-order valence-corrected chi connectivity index (χ2v) is 14.9. The number of aryl methyl sites for hydroxylation is 3. The van der Waals surface area contributed by atoms with E-state index in [9.17, 15) is 24.3 Å². The van der Waals surface area contributed by atoms with Crippen molar-refractivity contribution in [3.63, 3.8) is 0 Å². The average Bonchev–Trinajstić information content (AvgIpc) is 3.51. The molecular weight excluding hydrogens is 689 g/mol. The highest BCUT2D eigenvalue weighted by molar-refractivity contribution is 7.17. The fourth-order valence-corrected chi connectivity index (χ4v) is 8.25. The second kappa shape index (κ2) is 18.8. The molecule has 0 aliphatic heterocycles. The zero-order valence-electron chi connectivity index (χ0n) is 30.8. The summed E-state index contributed by atoms with van der Waals surface area (Å²) in [6, 6.07) is 22.6. The Bertz CT molecular complexity index is 1880. The van der Waals surface area contributed by atoms with Crippen LogP contribution in [0.5, 0.6) is 0 Å². The molecule has 11 heteroatoms. The summed E-state index contributed by atoms with van der Waals surface area (Å²) in [7, 11) is 1.81. The van der Waals surface area contributed by atoms with Gasteiger partial charge in [-0.15, -0.1) is 11.3 Å². The average molecular weight is 739 g/mol. The molecule has 4 N–H and O–H groups in total. The summed E-state index contributed by atoms with van der Waals surface area (Å²) in [6.07, 6.45) is 7.18. The van der Waals surface area contributed by atoms with Crippen LogP contribution in [0.2, 0.25) is 0 Å². The van der Waals surface area contributed by atoms with E-state index in [1.54, 1.807) is 23.1 Å². The van der Waals surface area contributed by atoms with E-state index < -0.39 is 11.9 Å². The van der Waals surface area contributed by atoms with E-state index in [4.69, 9.17) is 5.11 Å². The molecule has 1 aliphatic carbocycles. The Balaban J connectivity index is 1.26. The molecule has 53 heavy (non-hydrogen) atoms. The minimum atomic E-state index is -0.940. The number of likely N-dealkylation sites (N-methyl/N-ethyl adjacent to an activating group) is 1. The van der Waals surface area contributed by atoms with Gasteiger partial charge in [-0.25, -0.2) is 4.79 Å². The Hall–Kier alpha value is -4.84. The number of fused-ring (bicyclic) bond motifs is 1. The maximum atomic E-state index is 13.9. The number of hydrogen-bond acceptors (Lipinski definition) is 7. The van der Waals surface area contributed by atoms with Gasteiger partial charge in [-0.2, -0.15) is 0 Å². The third-order valence-corrected chi connectivity index (χ3v) is 11.2. The van der Waals surface area contributed by atoms with Crippen LogP contribution >= 0.6 is 11.3 Å². The molecule has 2 amide bonds. The Labute approximate surface area is 315 Å². The van der Waals surface area contributed by atoms with Crippen LogP contribution in [0.4, 0.5) is 10.7 Å². The summed E-state index contributed by atoms with van der Waals surface area (Å²) >= 11 is 1.49. The third kappa shape index (κ3) is 10.8. The van der Waals surface area contributed by atoms with E-state index in [1.807, 2.05) is 61.6 Å². The first-order chi connectivity index (χ1) is 25.5. The molecule has 280 valence electrons. The van der Waals surface area contributed by atoms with Gasteiger partial charge in [0, 0.05) is 41.8 Å². The molecule has 0 radical (unpaired) electrons. The highest BCUT2D eigenvalue weighted by Crippen LogP contribution is 2.39. The number of nitrogens with one attached hydrogen (secondary N) is 2.